The second-order valence-corrected chi connectivity index (χ2v) is 7.95. The summed E-state index contributed by atoms with van der Waals surface area (Å²) in [4.78, 5) is 4.56. The number of hydrogen-bond acceptors (Lipinski definition) is 7. The van der Waals surface area contributed by atoms with Gasteiger partial charge in [-0.3, -0.25) is 0 Å². The molecule has 0 saturated heterocycles. The molecule has 28 heavy (non-hydrogen) atoms. The van der Waals surface area contributed by atoms with Crippen molar-refractivity contribution in [2.24, 2.45) is 0 Å². The van der Waals surface area contributed by atoms with Crippen molar-refractivity contribution in [3.8, 4) is 22.9 Å². The van der Waals surface area contributed by atoms with E-state index in [0.717, 1.165) is 17.0 Å². The van der Waals surface area contributed by atoms with Gasteiger partial charge in [-0.25, -0.2) is 0 Å². The molecule has 4 rings (SSSR count). The molecule has 0 spiro atoms. The van der Waals surface area contributed by atoms with Gasteiger partial charge in [0.15, 0.2) is 5.69 Å². The number of thioether (sulfide) groups is 1. The minimum atomic E-state index is -0.635. The van der Waals surface area contributed by atoms with E-state index in [2.05, 4.69) is 20.5 Å². The Bertz CT molecular complexity index is 1030. The van der Waals surface area contributed by atoms with Gasteiger partial charge in [0.25, 0.3) is 0 Å². The molecule has 3 aromatic rings. The molecule has 1 aliphatic heterocycles. The van der Waals surface area contributed by atoms with E-state index >= 15 is 0 Å². The van der Waals surface area contributed by atoms with Crippen LogP contribution in [0.15, 0.2) is 41.6 Å². The van der Waals surface area contributed by atoms with E-state index in [9.17, 15) is 0 Å². The maximum atomic E-state index is 6.33. The zero-order valence-electron chi connectivity index (χ0n) is 15.1. The first-order chi connectivity index (χ1) is 13.6. The van der Waals surface area contributed by atoms with Gasteiger partial charge in [0.1, 0.15) is 5.75 Å². The first-order valence-corrected chi connectivity index (χ1v) is 10.3. The van der Waals surface area contributed by atoms with Crippen LogP contribution in [0.1, 0.15) is 18.7 Å². The predicted molar refractivity (Wildman–Crippen MR) is 112 cm³/mol. The number of anilines is 1. The largest absolute Gasteiger partial charge is 0.495 e. The zero-order valence-corrected chi connectivity index (χ0v) is 17.4. The van der Waals surface area contributed by atoms with E-state index in [-0.39, 0.29) is 0 Å². The van der Waals surface area contributed by atoms with E-state index in [4.69, 9.17) is 32.7 Å². The molecule has 0 aliphatic carbocycles. The number of rotatable bonds is 4. The summed E-state index contributed by atoms with van der Waals surface area (Å²) in [6.45, 7) is 2.03. The second kappa shape index (κ2) is 8.03. The number of methoxy groups -OCH3 is 1. The lowest BCUT2D eigenvalue weighted by atomic mass is 10.1. The number of para-hydroxylation sites is 1. The van der Waals surface area contributed by atoms with Gasteiger partial charge in [-0.2, -0.15) is 4.98 Å². The van der Waals surface area contributed by atoms with Crippen LogP contribution in [0.2, 0.25) is 10.0 Å². The van der Waals surface area contributed by atoms with Crippen molar-refractivity contribution in [1.29, 1.82) is 0 Å². The molecule has 2 aromatic carbocycles. The molecule has 0 amide bonds. The van der Waals surface area contributed by atoms with Crippen LogP contribution in [0.3, 0.4) is 0 Å². The summed E-state index contributed by atoms with van der Waals surface area (Å²) in [5.74, 6) is 1.69. The minimum absolute atomic E-state index is 0.381. The average molecular weight is 435 g/mol. The fraction of sp³-hybridized carbons (Fsp3) is 0.211. The number of hydrogen-bond donors (Lipinski definition) is 1. The summed E-state index contributed by atoms with van der Waals surface area (Å²) in [6, 6.07) is 11.1. The molecule has 0 fully saturated rings. The van der Waals surface area contributed by atoms with E-state index in [0.29, 0.717) is 38.1 Å². The van der Waals surface area contributed by atoms with Crippen LogP contribution in [0, 0.1) is 0 Å². The number of halogens is 2. The Morgan fingerprint density at radius 2 is 2.04 bits per heavy atom. The van der Waals surface area contributed by atoms with Crippen LogP contribution in [-0.4, -0.2) is 28.0 Å². The third-order valence-corrected chi connectivity index (χ3v) is 5.35. The average Bonchev–Trinajstić information content (AvgIpc) is 2.84. The van der Waals surface area contributed by atoms with Crippen molar-refractivity contribution < 1.29 is 9.47 Å². The normalized spacial score (nSPS) is 14.9. The Morgan fingerprint density at radius 3 is 2.82 bits per heavy atom. The van der Waals surface area contributed by atoms with E-state index in [1.54, 1.807) is 19.2 Å². The molecule has 0 saturated carbocycles. The smallest absolute Gasteiger partial charge is 0.247 e. The minimum Gasteiger partial charge on any atom is -0.495 e. The molecule has 1 atom stereocenters. The molecular weight excluding hydrogens is 419 g/mol. The second-order valence-electron chi connectivity index (χ2n) is 5.88. The Kier molecular flexibility index (Phi) is 5.48. The van der Waals surface area contributed by atoms with E-state index < -0.39 is 6.23 Å². The van der Waals surface area contributed by atoms with Crippen LogP contribution >= 0.6 is 35.0 Å². The Hall–Kier alpha value is -2.22. The van der Waals surface area contributed by atoms with Crippen molar-refractivity contribution in [2.75, 3.05) is 18.2 Å². The summed E-state index contributed by atoms with van der Waals surface area (Å²) in [5.41, 5.74) is 2.90. The van der Waals surface area contributed by atoms with Gasteiger partial charge >= 0.3 is 0 Å². The fourth-order valence-corrected chi connectivity index (χ4v) is 4.06. The van der Waals surface area contributed by atoms with Gasteiger partial charge < -0.3 is 14.8 Å². The molecule has 6 nitrogen and oxygen atoms in total. The van der Waals surface area contributed by atoms with Crippen LogP contribution in [-0.2, 0) is 0 Å². The SMILES string of the molecule is CCSc1nnc2c(n1)OC(c1cc(Cl)cc(Cl)c1OC)Nc1ccccc1-2. The monoisotopic (exact) mass is 434 g/mol. The first kappa shape index (κ1) is 19.1. The van der Waals surface area contributed by atoms with Gasteiger partial charge in [0.2, 0.25) is 17.3 Å². The van der Waals surface area contributed by atoms with Crippen LogP contribution in [0.4, 0.5) is 5.69 Å². The lowest BCUT2D eigenvalue weighted by Crippen LogP contribution is -2.18. The van der Waals surface area contributed by atoms with E-state index in [1.807, 2.05) is 31.2 Å². The summed E-state index contributed by atoms with van der Waals surface area (Å²) >= 11 is 14.1. The number of nitrogens with one attached hydrogen (secondary N) is 1. The predicted octanol–water partition coefficient (Wildman–Crippen LogP) is 5.47. The van der Waals surface area contributed by atoms with Gasteiger partial charge in [-0.1, -0.05) is 60.1 Å². The third kappa shape index (κ3) is 3.57. The molecule has 0 radical (unpaired) electrons. The van der Waals surface area contributed by atoms with Crippen molar-refractivity contribution in [3.63, 3.8) is 0 Å². The first-order valence-electron chi connectivity index (χ1n) is 8.53. The number of benzene rings is 2. The third-order valence-electron chi connectivity index (χ3n) is 4.13. The summed E-state index contributed by atoms with van der Waals surface area (Å²) < 4.78 is 11.7. The highest BCUT2D eigenvalue weighted by Crippen LogP contribution is 2.43. The van der Waals surface area contributed by atoms with Crippen molar-refractivity contribution in [3.05, 3.63) is 52.0 Å². The highest BCUT2D eigenvalue weighted by molar-refractivity contribution is 7.99. The molecule has 1 N–H and O–H groups in total. The molecule has 2 heterocycles. The molecule has 1 aromatic heterocycles. The highest BCUT2D eigenvalue weighted by Gasteiger charge is 2.29. The molecule has 9 heteroatoms. The van der Waals surface area contributed by atoms with Crippen molar-refractivity contribution in [1.82, 2.24) is 15.2 Å². The lowest BCUT2D eigenvalue weighted by Gasteiger charge is -2.22. The summed E-state index contributed by atoms with van der Waals surface area (Å²) in [5, 5.41) is 13.4. The Labute approximate surface area is 176 Å². The molecular formula is C19H16Cl2N4O2S. The molecule has 1 unspecified atom stereocenters. The maximum Gasteiger partial charge on any atom is 0.247 e. The Balaban J connectivity index is 1.88. The van der Waals surface area contributed by atoms with Gasteiger partial charge in [0.05, 0.1) is 17.7 Å². The van der Waals surface area contributed by atoms with Gasteiger partial charge in [-0.15, -0.1) is 10.2 Å². The number of fused-ring (bicyclic) bond motifs is 3. The maximum absolute atomic E-state index is 6.33. The zero-order chi connectivity index (χ0) is 19.7. The lowest BCUT2D eigenvalue weighted by molar-refractivity contribution is 0.220. The molecule has 0 bridgehead atoms. The van der Waals surface area contributed by atoms with E-state index in [1.165, 1.54) is 11.8 Å². The number of ether oxygens (including phenoxy) is 2. The highest BCUT2D eigenvalue weighted by atomic mass is 35.5. The summed E-state index contributed by atoms with van der Waals surface area (Å²) in [6.07, 6.45) is -0.635. The number of nitrogens with zero attached hydrogens (tertiary/aromatic N) is 3. The fourth-order valence-electron chi connectivity index (χ4n) is 2.97. The van der Waals surface area contributed by atoms with Crippen LogP contribution in [0.25, 0.3) is 11.3 Å². The van der Waals surface area contributed by atoms with Crippen LogP contribution in [0.5, 0.6) is 11.6 Å². The van der Waals surface area contributed by atoms with Crippen molar-refractivity contribution >= 4 is 40.7 Å². The summed E-state index contributed by atoms with van der Waals surface area (Å²) in [7, 11) is 1.55. The van der Waals surface area contributed by atoms with Gasteiger partial charge in [-0.05, 0) is 24.0 Å². The quantitative estimate of drug-likeness (QED) is 0.545. The Morgan fingerprint density at radius 1 is 1.21 bits per heavy atom. The van der Waals surface area contributed by atoms with Crippen molar-refractivity contribution in [2.45, 2.75) is 18.3 Å². The van der Waals surface area contributed by atoms with Crippen LogP contribution < -0.4 is 14.8 Å². The topological polar surface area (TPSA) is 69.2 Å². The number of aromatic nitrogens is 3. The molecule has 1 aliphatic rings. The standard InChI is InChI=1S/C19H16Cl2N4O2S/c1-3-28-19-23-18-15(24-25-19)11-6-4-5-7-14(11)22-17(27-18)12-8-10(20)9-13(21)16(12)26-2/h4-9,17,22H,3H2,1-2H3. The molecule has 144 valence electrons. The van der Waals surface area contributed by atoms with Gasteiger partial charge in [0, 0.05) is 16.3 Å².